The molecule has 0 unspecified atom stereocenters. The molecule has 0 atom stereocenters. The fraction of sp³-hybridized carbons (Fsp3) is 0.111. The van der Waals surface area contributed by atoms with E-state index in [4.69, 9.17) is 0 Å². The minimum atomic E-state index is -0.0157. The first-order valence-corrected chi connectivity index (χ1v) is 3.87. The molecule has 0 aliphatic heterocycles. The Morgan fingerprint density at radius 1 is 1.46 bits per heavy atom. The van der Waals surface area contributed by atoms with Crippen LogP contribution in [0.3, 0.4) is 0 Å². The first-order valence-electron chi connectivity index (χ1n) is 3.87. The number of benzene rings is 1. The fourth-order valence-electron chi connectivity index (χ4n) is 1.25. The maximum absolute atomic E-state index is 11.4. The van der Waals surface area contributed by atoms with Crippen molar-refractivity contribution in [3.63, 3.8) is 0 Å². The minimum absolute atomic E-state index is 0.0157. The first-order chi connectivity index (χ1) is 6.20. The number of phenolic OH excluding ortho intramolecular Hbond substituents is 1. The van der Waals surface area contributed by atoms with Crippen molar-refractivity contribution in [3.8, 4) is 5.75 Å². The van der Waals surface area contributed by atoms with Gasteiger partial charge in [-0.25, -0.2) is 4.73 Å². The topological polar surface area (TPSA) is 60.1 Å². The highest BCUT2D eigenvalue weighted by Gasteiger charge is 2.09. The summed E-state index contributed by atoms with van der Waals surface area (Å²) in [7, 11) is 0. The molecule has 1 N–H and O–H groups in total. The van der Waals surface area contributed by atoms with Crippen LogP contribution in [0.5, 0.6) is 5.75 Å². The standard InChI is InChI=1S/C9H8N2O2/c1-6-10-5-7-3-2-4-8(12)9(7)11(6)13/h2-5,12H,1H3. The molecule has 0 fully saturated rings. The molecule has 0 saturated heterocycles. The summed E-state index contributed by atoms with van der Waals surface area (Å²) in [5, 5.41) is 21.5. The quantitative estimate of drug-likeness (QED) is 0.479. The second-order valence-corrected chi connectivity index (χ2v) is 2.81. The summed E-state index contributed by atoms with van der Waals surface area (Å²) in [6, 6.07) is 4.89. The van der Waals surface area contributed by atoms with Gasteiger partial charge in [0.05, 0.1) is 5.39 Å². The van der Waals surface area contributed by atoms with Crippen molar-refractivity contribution in [2.45, 2.75) is 6.92 Å². The van der Waals surface area contributed by atoms with Crippen LogP contribution in [0.25, 0.3) is 10.9 Å². The van der Waals surface area contributed by atoms with Gasteiger partial charge in [-0.05, 0) is 12.1 Å². The predicted molar refractivity (Wildman–Crippen MR) is 47.1 cm³/mol. The SMILES string of the molecule is Cc1ncc2cccc(O)c2[n+]1[O-]. The summed E-state index contributed by atoms with van der Waals surface area (Å²) in [6.07, 6.45) is 1.57. The average molecular weight is 176 g/mol. The summed E-state index contributed by atoms with van der Waals surface area (Å²) in [6.45, 7) is 1.60. The Morgan fingerprint density at radius 2 is 2.23 bits per heavy atom. The van der Waals surface area contributed by atoms with Crippen LogP contribution in [0.2, 0.25) is 0 Å². The number of fused-ring (bicyclic) bond motifs is 1. The molecule has 4 heteroatoms. The minimum Gasteiger partial charge on any atom is -0.710 e. The van der Waals surface area contributed by atoms with Gasteiger partial charge < -0.3 is 10.3 Å². The number of hydrogen-bond acceptors (Lipinski definition) is 3. The van der Waals surface area contributed by atoms with Crippen LogP contribution >= 0.6 is 0 Å². The normalized spacial score (nSPS) is 10.5. The molecule has 1 heterocycles. The van der Waals surface area contributed by atoms with Gasteiger partial charge in [0.2, 0.25) is 0 Å². The van der Waals surface area contributed by atoms with Gasteiger partial charge >= 0.3 is 0 Å². The summed E-state index contributed by atoms with van der Waals surface area (Å²) < 4.78 is 0.630. The lowest BCUT2D eigenvalue weighted by molar-refractivity contribution is -0.588. The average Bonchev–Trinajstić information content (AvgIpc) is 2.12. The van der Waals surface area contributed by atoms with Gasteiger partial charge in [0.15, 0.2) is 17.5 Å². The number of rotatable bonds is 0. The monoisotopic (exact) mass is 176 g/mol. The van der Waals surface area contributed by atoms with Crippen LogP contribution in [0, 0.1) is 12.1 Å². The molecule has 1 aromatic carbocycles. The van der Waals surface area contributed by atoms with Crippen molar-refractivity contribution < 1.29 is 9.84 Å². The van der Waals surface area contributed by atoms with E-state index in [9.17, 15) is 10.3 Å². The first kappa shape index (κ1) is 7.79. The molecule has 66 valence electrons. The number of aromatic nitrogens is 2. The molecule has 2 aromatic rings. The maximum Gasteiger partial charge on any atom is 0.298 e. The van der Waals surface area contributed by atoms with Crippen LogP contribution in [0.4, 0.5) is 0 Å². The zero-order chi connectivity index (χ0) is 9.42. The van der Waals surface area contributed by atoms with Crippen LogP contribution in [0.1, 0.15) is 5.82 Å². The Morgan fingerprint density at radius 3 is 3.00 bits per heavy atom. The third-order valence-electron chi connectivity index (χ3n) is 1.93. The molecule has 0 amide bonds. The second kappa shape index (κ2) is 2.58. The van der Waals surface area contributed by atoms with E-state index in [-0.39, 0.29) is 11.3 Å². The molecule has 0 bridgehead atoms. The highest BCUT2D eigenvalue weighted by atomic mass is 16.5. The van der Waals surface area contributed by atoms with Gasteiger partial charge in [-0.1, -0.05) is 11.1 Å². The van der Waals surface area contributed by atoms with E-state index in [2.05, 4.69) is 4.98 Å². The molecule has 0 spiro atoms. The van der Waals surface area contributed by atoms with E-state index in [0.29, 0.717) is 15.9 Å². The van der Waals surface area contributed by atoms with E-state index in [1.165, 1.54) is 6.07 Å². The maximum atomic E-state index is 11.4. The number of hydrogen-bond donors (Lipinski definition) is 1. The third kappa shape index (κ3) is 1.07. The van der Waals surface area contributed by atoms with Crippen molar-refractivity contribution in [2.24, 2.45) is 0 Å². The molecular weight excluding hydrogens is 168 g/mol. The van der Waals surface area contributed by atoms with Crippen molar-refractivity contribution in [3.05, 3.63) is 35.4 Å². The van der Waals surface area contributed by atoms with Crippen LogP contribution in [0.15, 0.2) is 24.4 Å². The van der Waals surface area contributed by atoms with Gasteiger partial charge in [-0.15, -0.1) is 0 Å². The molecule has 0 aliphatic carbocycles. The van der Waals surface area contributed by atoms with Gasteiger partial charge in [-0.2, -0.15) is 0 Å². The Hall–Kier alpha value is -1.84. The lowest BCUT2D eigenvalue weighted by Crippen LogP contribution is -2.32. The molecule has 1 aromatic heterocycles. The zero-order valence-electron chi connectivity index (χ0n) is 7.06. The van der Waals surface area contributed by atoms with Gasteiger partial charge in [0.25, 0.3) is 5.82 Å². The van der Waals surface area contributed by atoms with E-state index >= 15 is 0 Å². The summed E-state index contributed by atoms with van der Waals surface area (Å²) in [5.41, 5.74) is 0.273. The molecular formula is C9H8N2O2. The lowest BCUT2D eigenvalue weighted by atomic mass is 10.2. The molecule has 13 heavy (non-hydrogen) atoms. The highest BCUT2D eigenvalue weighted by molar-refractivity contribution is 5.80. The molecule has 0 radical (unpaired) electrons. The second-order valence-electron chi connectivity index (χ2n) is 2.81. The zero-order valence-corrected chi connectivity index (χ0v) is 7.06. The van der Waals surface area contributed by atoms with Gasteiger partial charge in [-0.3, -0.25) is 0 Å². The van der Waals surface area contributed by atoms with Crippen LogP contribution < -0.4 is 4.73 Å². The molecule has 2 rings (SSSR count). The number of para-hydroxylation sites is 1. The van der Waals surface area contributed by atoms with Crippen LogP contribution in [-0.2, 0) is 0 Å². The lowest BCUT2D eigenvalue weighted by Gasteiger charge is -2.07. The highest BCUT2D eigenvalue weighted by Crippen LogP contribution is 2.19. The molecule has 0 saturated carbocycles. The number of aryl methyl sites for hydroxylation is 1. The summed E-state index contributed by atoms with van der Waals surface area (Å²) >= 11 is 0. The molecule has 4 nitrogen and oxygen atoms in total. The summed E-state index contributed by atoms with van der Waals surface area (Å²) in [4.78, 5) is 3.89. The largest absolute Gasteiger partial charge is 0.710 e. The van der Waals surface area contributed by atoms with Crippen molar-refractivity contribution in [2.75, 3.05) is 0 Å². The van der Waals surface area contributed by atoms with E-state index in [0.717, 1.165) is 0 Å². The number of aromatic hydroxyl groups is 1. The smallest absolute Gasteiger partial charge is 0.298 e. The molecule has 0 aliphatic rings. The van der Waals surface area contributed by atoms with Crippen molar-refractivity contribution in [1.29, 1.82) is 0 Å². The van der Waals surface area contributed by atoms with Crippen molar-refractivity contribution in [1.82, 2.24) is 4.98 Å². The van der Waals surface area contributed by atoms with E-state index in [1.807, 2.05) is 0 Å². The Labute approximate surface area is 74.7 Å². The Balaban J connectivity index is 2.97. The van der Waals surface area contributed by atoms with Crippen LogP contribution in [-0.4, -0.2) is 10.1 Å². The predicted octanol–water partition coefficient (Wildman–Crippen LogP) is 0.882. The van der Waals surface area contributed by atoms with E-state index in [1.54, 1.807) is 25.3 Å². The van der Waals surface area contributed by atoms with Gasteiger partial charge in [0, 0.05) is 6.92 Å². The Bertz CT molecular complexity index is 468. The number of nitrogens with zero attached hydrogens (tertiary/aromatic N) is 2. The van der Waals surface area contributed by atoms with E-state index < -0.39 is 0 Å². The van der Waals surface area contributed by atoms with Crippen molar-refractivity contribution >= 4 is 10.9 Å². The van der Waals surface area contributed by atoms with Gasteiger partial charge in [0.1, 0.15) is 0 Å². The fourth-order valence-corrected chi connectivity index (χ4v) is 1.25. The third-order valence-corrected chi connectivity index (χ3v) is 1.93. The number of phenols is 1. The Kier molecular flexibility index (Phi) is 1.55. The summed E-state index contributed by atoms with van der Waals surface area (Å²) in [5.74, 6) is 0.312.